The molecule has 0 amide bonds. The Labute approximate surface area is 195 Å². The van der Waals surface area contributed by atoms with E-state index in [-0.39, 0.29) is 24.0 Å². The molecule has 0 spiro atoms. The van der Waals surface area contributed by atoms with E-state index in [1.807, 2.05) is 12.1 Å². The van der Waals surface area contributed by atoms with E-state index in [1.165, 1.54) is 5.39 Å². The van der Waals surface area contributed by atoms with Crippen LogP contribution in [-0.4, -0.2) is 24.8 Å². The predicted molar refractivity (Wildman–Crippen MR) is 133 cm³/mol. The van der Waals surface area contributed by atoms with Crippen molar-refractivity contribution in [1.29, 1.82) is 0 Å². The van der Waals surface area contributed by atoms with E-state index < -0.39 is 0 Å². The molecule has 2 N–H and O–H groups in total. The Bertz CT molecular complexity index is 963. The molecule has 3 aromatic rings. The van der Waals surface area contributed by atoms with Crippen LogP contribution in [0.25, 0.3) is 10.8 Å². The van der Waals surface area contributed by atoms with Gasteiger partial charge in [0.25, 0.3) is 0 Å². The van der Waals surface area contributed by atoms with Crippen molar-refractivity contribution in [3.63, 3.8) is 0 Å². The maximum absolute atomic E-state index is 5.46. The van der Waals surface area contributed by atoms with Crippen molar-refractivity contribution in [1.82, 2.24) is 15.8 Å². The zero-order chi connectivity index (χ0) is 20.6. The summed E-state index contributed by atoms with van der Waals surface area (Å²) in [4.78, 5) is 4.75. The molecule has 1 heterocycles. The summed E-state index contributed by atoms with van der Waals surface area (Å²) in [5.41, 5.74) is 3.31. The monoisotopic (exact) mass is 522 g/mol. The van der Waals surface area contributed by atoms with Gasteiger partial charge in [-0.15, -0.1) is 24.0 Å². The Balaban J connectivity index is 0.00000320. The third-order valence-electron chi connectivity index (χ3n) is 4.92. The number of fused-ring (bicyclic) bond motifs is 1. The number of methoxy groups -OCH3 is 1. The number of rotatable bonds is 8. The van der Waals surface area contributed by atoms with E-state index in [2.05, 4.69) is 60.8 Å². The third kappa shape index (κ3) is 5.87. The molecule has 0 unspecified atom stereocenters. The number of benzene rings is 2. The number of aryl methyl sites for hydroxylation is 2. The second-order valence-electron chi connectivity index (χ2n) is 6.83. The molecule has 0 aliphatic rings. The maximum atomic E-state index is 5.46. The molecule has 1 aromatic heterocycles. The molecule has 6 nitrogen and oxygen atoms in total. The molecule has 0 saturated carbocycles. The van der Waals surface area contributed by atoms with Crippen LogP contribution in [0.2, 0.25) is 0 Å². The number of nitrogens with one attached hydrogen (secondary N) is 2. The lowest BCUT2D eigenvalue weighted by Gasteiger charge is -2.12. The topological polar surface area (TPSA) is 71.7 Å². The van der Waals surface area contributed by atoms with Gasteiger partial charge in [-0.1, -0.05) is 37.2 Å². The van der Waals surface area contributed by atoms with E-state index in [9.17, 15) is 0 Å². The smallest absolute Gasteiger partial charge is 0.191 e. The molecule has 3 rings (SSSR count). The highest BCUT2D eigenvalue weighted by atomic mass is 127. The standard InChI is InChI=1S/C23H30N4O2.HI/c1-5-21-20(22(6-2)29-27-21)15-26-23(24-7-3)25-14-16-8-9-18-13-19(28-4)11-10-17(18)12-16;/h8-13H,5-7,14-15H2,1-4H3,(H2,24,25,26);1H. The third-order valence-corrected chi connectivity index (χ3v) is 4.92. The first-order valence-electron chi connectivity index (χ1n) is 10.2. The summed E-state index contributed by atoms with van der Waals surface area (Å²) in [6.07, 6.45) is 1.69. The molecule has 0 saturated heterocycles. The van der Waals surface area contributed by atoms with Gasteiger partial charge in [0.1, 0.15) is 11.5 Å². The highest BCUT2D eigenvalue weighted by molar-refractivity contribution is 14.0. The number of hydrogen-bond donors (Lipinski definition) is 2. The number of nitrogens with zero attached hydrogens (tertiary/aromatic N) is 2. The average molecular weight is 522 g/mol. The van der Waals surface area contributed by atoms with Crippen LogP contribution in [0.5, 0.6) is 5.75 Å². The second-order valence-corrected chi connectivity index (χ2v) is 6.83. The van der Waals surface area contributed by atoms with Gasteiger partial charge in [-0.2, -0.15) is 0 Å². The highest BCUT2D eigenvalue weighted by Crippen LogP contribution is 2.22. The van der Waals surface area contributed by atoms with Gasteiger partial charge in [0.05, 0.1) is 19.3 Å². The summed E-state index contributed by atoms with van der Waals surface area (Å²) in [6, 6.07) is 12.5. The minimum absolute atomic E-state index is 0. The van der Waals surface area contributed by atoms with Crippen molar-refractivity contribution in [3.05, 3.63) is 59.0 Å². The molecular weight excluding hydrogens is 491 g/mol. The molecular formula is C23H31IN4O2. The SMILES string of the molecule is CCNC(=NCc1ccc2cc(OC)ccc2c1)NCc1c(CC)noc1CC.I. The van der Waals surface area contributed by atoms with Gasteiger partial charge in [0.2, 0.25) is 0 Å². The molecule has 0 radical (unpaired) electrons. The van der Waals surface area contributed by atoms with Gasteiger partial charge in [-0.25, -0.2) is 4.99 Å². The Hall–Kier alpha value is -2.29. The molecule has 0 aliphatic heterocycles. The van der Waals surface area contributed by atoms with Crippen molar-refractivity contribution in [3.8, 4) is 5.75 Å². The van der Waals surface area contributed by atoms with Gasteiger partial charge >= 0.3 is 0 Å². The molecule has 30 heavy (non-hydrogen) atoms. The quantitative estimate of drug-likeness (QED) is 0.252. The molecule has 162 valence electrons. The summed E-state index contributed by atoms with van der Waals surface area (Å²) >= 11 is 0. The average Bonchev–Trinajstić information content (AvgIpc) is 3.17. The zero-order valence-electron chi connectivity index (χ0n) is 18.1. The Kier molecular flexibility index (Phi) is 9.42. The number of aromatic nitrogens is 1. The zero-order valence-corrected chi connectivity index (χ0v) is 20.4. The summed E-state index contributed by atoms with van der Waals surface area (Å²) in [6.45, 7) is 8.29. The van der Waals surface area contributed by atoms with Crippen molar-refractivity contribution in [2.45, 2.75) is 46.7 Å². The Morgan fingerprint density at radius 3 is 2.50 bits per heavy atom. The largest absolute Gasteiger partial charge is 0.497 e. The minimum atomic E-state index is 0. The summed E-state index contributed by atoms with van der Waals surface area (Å²) in [5, 5.41) is 13.3. The van der Waals surface area contributed by atoms with E-state index in [4.69, 9.17) is 14.3 Å². The van der Waals surface area contributed by atoms with Crippen LogP contribution >= 0.6 is 24.0 Å². The first-order chi connectivity index (χ1) is 14.2. The van der Waals surface area contributed by atoms with E-state index in [0.29, 0.717) is 13.1 Å². The van der Waals surface area contributed by atoms with E-state index >= 15 is 0 Å². The van der Waals surface area contributed by atoms with Gasteiger partial charge in [0.15, 0.2) is 5.96 Å². The normalized spacial score (nSPS) is 11.3. The van der Waals surface area contributed by atoms with E-state index in [0.717, 1.165) is 59.1 Å². The van der Waals surface area contributed by atoms with Crippen LogP contribution in [0, 0.1) is 0 Å². The molecule has 0 bridgehead atoms. The summed E-state index contributed by atoms with van der Waals surface area (Å²) < 4.78 is 10.8. The lowest BCUT2D eigenvalue weighted by Crippen LogP contribution is -2.37. The number of aliphatic imine (C=N–C) groups is 1. The van der Waals surface area contributed by atoms with Crippen LogP contribution in [0.15, 0.2) is 45.9 Å². The van der Waals surface area contributed by atoms with Gasteiger partial charge in [-0.3, -0.25) is 0 Å². The fourth-order valence-corrected chi connectivity index (χ4v) is 3.32. The van der Waals surface area contributed by atoms with Crippen LogP contribution in [-0.2, 0) is 25.9 Å². The van der Waals surface area contributed by atoms with Crippen LogP contribution in [0.4, 0.5) is 0 Å². The van der Waals surface area contributed by atoms with Gasteiger partial charge < -0.3 is 19.9 Å². The molecule has 0 aliphatic carbocycles. The van der Waals surface area contributed by atoms with Crippen molar-refractivity contribution in [2.75, 3.05) is 13.7 Å². The molecule has 0 atom stereocenters. The lowest BCUT2D eigenvalue weighted by atomic mass is 10.1. The number of guanidine groups is 1. The summed E-state index contributed by atoms with van der Waals surface area (Å²) in [7, 11) is 1.69. The first kappa shape index (κ1) is 24.0. The molecule has 2 aromatic carbocycles. The molecule has 0 fully saturated rings. The number of halogens is 1. The number of hydrogen-bond acceptors (Lipinski definition) is 4. The van der Waals surface area contributed by atoms with E-state index in [1.54, 1.807) is 7.11 Å². The summed E-state index contributed by atoms with van der Waals surface area (Å²) in [5.74, 6) is 2.59. The minimum Gasteiger partial charge on any atom is -0.497 e. The lowest BCUT2D eigenvalue weighted by molar-refractivity contribution is 0.380. The fraction of sp³-hybridized carbons (Fsp3) is 0.391. The van der Waals surface area contributed by atoms with Crippen LogP contribution in [0.3, 0.4) is 0 Å². The molecule has 7 heteroatoms. The Morgan fingerprint density at radius 1 is 1.03 bits per heavy atom. The Morgan fingerprint density at radius 2 is 1.80 bits per heavy atom. The predicted octanol–water partition coefficient (Wildman–Crippen LogP) is 4.83. The van der Waals surface area contributed by atoms with Crippen molar-refractivity contribution < 1.29 is 9.26 Å². The van der Waals surface area contributed by atoms with Crippen molar-refractivity contribution >= 4 is 40.7 Å². The van der Waals surface area contributed by atoms with Crippen LogP contribution < -0.4 is 15.4 Å². The first-order valence-corrected chi connectivity index (χ1v) is 10.2. The van der Waals surface area contributed by atoms with Gasteiger partial charge in [-0.05, 0) is 47.9 Å². The fourth-order valence-electron chi connectivity index (χ4n) is 3.32. The second kappa shape index (κ2) is 11.8. The van der Waals surface area contributed by atoms with Crippen molar-refractivity contribution in [2.24, 2.45) is 4.99 Å². The van der Waals surface area contributed by atoms with Crippen LogP contribution in [0.1, 0.15) is 43.4 Å². The van der Waals surface area contributed by atoms with Gasteiger partial charge in [0, 0.05) is 25.1 Å². The number of ether oxygens (including phenoxy) is 1. The maximum Gasteiger partial charge on any atom is 0.191 e. The highest BCUT2D eigenvalue weighted by Gasteiger charge is 2.13.